The minimum atomic E-state index is -3.63. The predicted octanol–water partition coefficient (Wildman–Crippen LogP) is 3.30. The number of aryl methyl sites for hydroxylation is 1. The van der Waals surface area contributed by atoms with E-state index in [0.29, 0.717) is 12.0 Å². The lowest BCUT2D eigenvalue weighted by atomic mass is 9.88. The molecule has 1 fully saturated rings. The van der Waals surface area contributed by atoms with Crippen molar-refractivity contribution in [3.8, 4) is 0 Å². The molecule has 0 radical (unpaired) electrons. The molecule has 118 valence electrons. The minimum absolute atomic E-state index is 0.233. The zero-order valence-corrected chi connectivity index (χ0v) is 13.6. The van der Waals surface area contributed by atoms with Gasteiger partial charge in [0, 0.05) is 6.61 Å². The quantitative estimate of drug-likeness (QED) is 0.756. The largest absolute Gasteiger partial charge is 0.379 e. The highest BCUT2D eigenvalue weighted by atomic mass is 32.2. The molecule has 1 aliphatic rings. The van der Waals surface area contributed by atoms with E-state index in [1.165, 1.54) is 0 Å². The standard InChI is InChI=1S/C16H24O4S/c1-3-19-15-8-6-14(7-9-15)12-20-21(17,18)16-10-4-13(2)5-11-16/h4-5,10-11,14-15H,3,6-9,12H2,1-2H3. The van der Waals surface area contributed by atoms with E-state index < -0.39 is 10.1 Å². The smallest absolute Gasteiger partial charge is 0.296 e. The van der Waals surface area contributed by atoms with E-state index in [9.17, 15) is 8.42 Å². The van der Waals surface area contributed by atoms with Gasteiger partial charge in [-0.1, -0.05) is 17.7 Å². The molecule has 0 heterocycles. The van der Waals surface area contributed by atoms with Crippen molar-refractivity contribution in [3.63, 3.8) is 0 Å². The molecule has 0 unspecified atom stereocenters. The minimum Gasteiger partial charge on any atom is -0.379 e. The van der Waals surface area contributed by atoms with E-state index in [2.05, 4.69) is 0 Å². The molecule has 0 saturated heterocycles. The van der Waals surface area contributed by atoms with Crippen LogP contribution in [0.25, 0.3) is 0 Å². The van der Waals surface area contributed by atoms with Crippen LogP contribution in [0.15, 0.2) is 29.2 Å². The summed E-state index contributed by atoms with van der Waals surface area (Å²) in [5.41, 5.74) is 1.03. The van der Waals surface area contributed by atoms with Gasteiger partial charge in [-0.3, -0.25) is 4.18 Å². The fourth-order valence-electron chi connectivity index (χ4n) is 2.66. The molecular formula is C16H24O4S. The lowest BCUT2D eigenvalue weighted by Crippen LogP contribution is -2.25. The fourth-order valence-corrected chi connectivity index (χ4v) is 3.64. The SMILES string of the molecule is CCOC1CCC(COS(=O)(=O)c2ccc(C)cc2)CC1. The molecule has 0 aromatic heterocycles. The molecule has 1 aromatic carbocycles. The van der Waals surface area contributed by atoms with Crippen molar-refractivity contribution in [1.29, 1.82) is 0 Å². The first-order chi connectivity index (χ1) is 10.0. The summed E-state index contributed by atoms with van der Waals surface area (Å²) < 4.78 is 35.0. The van der Waals surface area contributed by atoms with Gasteiger partial charge in [0.25, 0.3) is 10.1 Å². The summed E-state index contributed by atoms with van der Waals surface area (Å²) in [6.07, 6.45) is 4.25. The van der Waals surface area contributed by atoms with Gasteiger partial charge in [0.15, 0.2) is 0 Å². The normalized spacial score (nSPS) is 23.1. The maximum atomic E-state index is 12.1. The van der Waals surface area contributed by atoms with E-state index >= 15 is 0 Å². The number of hydrogen-bond acceptors (Lipinski definition) is 4. The van der Waals surface area contributed by atoms with Gasteiger partial charge in [-0.2, -0.15) is 8.42 Å². The first-order valence-electron chi connectivity index (χ1n) is 7.59. The third-order valence-corrected chi connectivity index (χ3v) is 5.26. The molecule has 1 aromatic rings. The number of ether oxygens (including phenoxy) is 1. The molecule has 4 nitrogen and oxygen atoms in total. The highest BCUT2D eigenvalue weighted by Crippen LogP contribution is 2.27. The summed E-state index contributed by atoms with van der Waals surface area (Å²) in [6.45, 7) is 4.94. The van der Waals surface area contributed by atoms with Crippen LogP contribution in [-0.4, -0.2) is 27.7 Å². The molecule has 0 atom stereocenters. The Kier molecular flexibility index (Phi) is 5.79. The van der Waals surface area contributed by atoms with Crippen LogP contribution in [0, 0.1) is 12.8 Å². The molecule has 0 aliphatic heterocycles. The van der Waals surface area contributed by atoms with Gasteiger partial charge in [-0.15, -0.1) is 0 Å². The Bertz CT molecular complexity index is 528. The maximum Gasteiger partial charge on any atom is 0.296 e. The second-order valence-corrected chi connectivity index (χ2v) is 7.27. The zero-order valence-electron chi connectivity index (χ0n) is 12.7. The molecule has 0 spiro atoms. The Balaban J connectivity index is 1.84. The van der Waals surface area contributed by atoms with Gasteiger partial charge in [-0.05, 0) is 57.6 Å². The Morgan fingerprint density at radius 1 is 1.10 bits per heavy atom. The van der Waals surface area contributed by atoms with Crippen LogP contribution in [0.4, 0.5) is 0 Å². The Labute approximate surface area is 127 Å². The third-order valence-electron chi connectivity index (χ3n) is 3.96. The van der Waals surface area contributed by atoms with Gasteiger partial charge in [0.2, 0.25) is 0 Å². The van der Waals surface area contributed by atoms with Crippen molar-refractivity contribution in [2.45, 2.75) is 50.5 Å². The second kappa shape index (κ2) is 7.38. The Morgan fingerprint density at radius 3 is 2.29 bits per heavy atom. The van der Waals surface area contributed by atoms with Crippen molar-refractivity contribution in [2.24, 2.45) is 5.92 Å². The van der Waals surface area contributed by atoms with Crippen molar-refractivity contribution in [1.82, 2.24) is 0 Å². The van der Waals surface area contributed by atoms with Gasteiger partial charge in [0.1, 0.15) is 0 Å². The van der Waals surface area contributed by atoms with Gasteiger partial charge < -0.3 is 4.74 Å². The van der Waals surface area contributed by atoms with Crippen LogP contribution in [0.1, 0.15) is 38.2 Å². The predicted molar refractivity (Wildman–Crippen MR) is 81.7 cm³/mol. The van der Waals surface area contributed by atoms with Gasteiger partial charge >= 0.3 is 0 Å². The van der Waals surface area contributed by atoms with Crippen molar-refractivity contribution >= 4 is 10.1 Å². The summed E-state index contributed by atoms with van der Waals surface area (Å²) in [5.74, 6) is 0.307. The van der Waals surface area contributed by atoms with Gasteiger partial charge in [0.05, 0.1) is 17.6 Å². The Hall–Kier alpha value is -0.910. The van der Waals surface area contributed by atoms with Crippen LogP contribution in [0.5, 0.6) is 0 Å². The number of benzene rings is 1. The lowest BCUT2D eigenvalue weighted by molar-refractivity contribution is 0.0203. The molecule has 0 amide bonds. The third kappa shape index (κ3) is 4.80. The molecule has 0 bridgehead atoms. The Morgan fingerprint density at radius 2 is 1.71 bits per heavy atom. The highest BCUT2D eigenvalue weighted by molar-refractivity contribution is 7.86. The van der Waals surface area contributed by atoms with Crippen LogP contribution >= 0.6 is 0 Å². The molecule has 5 heteroatoms. The summed E-state index contributed by atoms with van der Waals surface area (Å²) >= 11 is 0. The van der Waals surface area contributed by atoms with Crippen molar-refractivity contribution in [2.75, 3.05) is 13.2 Å². The average Bonchev–Trinajstić information content (AvgIpc) is 2.47. The van der Waals surface area contributed by atoms with Crippen LogP contribution < -0.4 is 0 Å². The average molecular weight is 312 g/mol. The topological polar surface area (TPSA) is 52.6 Å². The molecule has 0 N–H and O–H groups in total. The second-order valence-electron chi connectivity index (χ2n) is 5.65. The lowest BCUT2D eigenvalue weighted by Gasteiger charge is -2.27. The summed E-state index contributed by atoms with van der Waals surface area (Å²) in [4.78, 5) is 0.233. The highest BCUT2D eigenvalue weighted by Gasteiger charge is 2.24. The summed E-state index contributed by atoms with van der Waals surface area (Å²) in [5, 5.41) is 0. The molecular weight excluding hydrogens is 288 g/mol. The number of rotatable bonds is 6. The molecule has 2 rings (SSSR count). The fraction of sp³-hybridized carbons (Fsp3) is 0.625. The van der Waals surface area contributed by atoms with E-state index in [1.54, 1.807) is 24.3 Å². The zero-order chi connectivity index (χ0) is 15.3. The first kappa shape index (κ1) is 16.5. The molecule has 21 heavy (non-hydrogen) atoms. The van der Waals surface area contributed by atoms with Crippen molar-refractivity contribution < 1.29 is 17.3 Å². The van der Waals surface area contributed by atoms with E-state index in [-0.39, 0.29) is 11.5 Å². The van der Waals surface area contributed by atoms with Crippen LogP contribution in [0.3, 0.4) is 0 Å². The van der Waals surface area contributed by atoms with Crippen LogP contribution in [0.2, 0.25) is 0 Å². The van der Waals surface area contributed by atoms with Crippen LogP contribution in [-0.2, 0) is 19.0 Å². The molecule has 1 aliphatic carbocycles. The maximum absolute atomic E-state index is 12.1. The summed E-state index contributed by atoms with van der Waals surface area (Å²) in [7, 11) is -3.63. The molecule has 1 saturated carbocycles. The van der Waals surface area contributed by atoms with E-state index in [0.717, 1.165) is 37.9 Å². The van der Waals surface area contributed by atoms with Gasteiger partial charge in [-0.25, -0.2) is 0 Å². The van der Waals surface area contributed by atoms with E-state index in [1.807, 2.05) is 13.8 Å². The summed E-state index contributed by atoms with van der Waals surface area (Å²) in [6, 6.07) is 6.75. The number of hydrogen-bond donors (Lipinski definition) is 0. The first-order valence-corrected chi connectivity index (χ1v) is 9.00. The van der Waals surface area contributed by atoms with E-state index in [4.69, 9.17) is 8.92 Å². The monoisotopic (exact) mass is 312 g/mol. The van der Waals surface area contributed by atoms with Crippen molar-refractivity contribution in [3.05, 3.63) is 29.8 Å².